The topological polar surface area (TPSA) is 86.5 Å². The van der Waals surface area contributed by atoms with Crippen LogP contribution >= 0.6 is 11.8 Å². The summed E-state index contributed by atoms with van der Waals surface area (Å²) < 4.78 is 4.52. The molecule has 0 N–H and O–H groups in total. The monoisotopic (exact) mass is 295 g/mol. The fourth-order valence-electron chi connectivity index (χ4n) is 1.43. The third-order valence-corrected chi connectivity index (χ3v) is 3.09. The van der Waals surface area contributed by atoms with Crippen molar-refractivity contribution in [3.63, 3.8) is 0 Å². The van der Waals surface area contributed by atoms with E-state index in [1.54, 1.807) is 12.2 Å². The minimum Gasteiger partial charge on any atom is -0.465 e. The number of nitro groups is 1. The lowest BCUT2D eigenvalue weighted by atomic mass is 10.1. The molecule has 0 atom stereocenters. The highest BCUT2D eigenvalue weighted by Gasteiger charge is 2.16. The molecule has 0 bridgehead atoms. The summed E-state index contributed by atoms with van der Waals surface area (Å²) in [6.45, 7) is 1.45. The Labute approximate surface area is 120 Å². The molecule has 0 aliphatic rings. The molecule has 0 aliphatic carbocycles. The van der Waals surface area contributed by atoms with Crippen molar-refractivity contribution in [1.82, 2.24) is 0 Å². The van der Waals surface area contributed by atoms with Crippen molar-refractivity contribution >= 4 is 34.6 Å². The van der Waals surface area contributed by atoms with Gasteiger partial charge in [-0.15, -0.1) is 0 Å². The van der Waals surface area contributed by atoms with Crippen molar-refractivity contribution in [2.75, 3.05) is 12.9 Å². The summed E-state index contributed by atoms with van der Waals surface area (Å²) in [4.78, 5) is 32.5. The van der Waals surface area contributed by atoms with Crippen molar-refractivity contribution < 1.29 is 19.2 Å². The number of thioether (sulfide) groups is 1. The molecule has 0 unspecified atom stereocenters. The summed E-state index contributed by atoms with van der Waals surface area (Å²) in [6.07, 6.45) is 3.21. The zero-order valence-corrected chi connectivity index (χ0v) is 11.8. The van der Waals surface area contributed by atoms with E-state index in [1.807, 2.05) is 0 Å². The Hall–Kier alpha value is -2.15. The molecule has 20 heavy (non-hydrogen) atoms. The van der Waals surface area contributed by atoms with E-state index in [0.29, 0.717) is 11.3 Å². The predicted molar refractivity (Wildman–Crippen MR) is 76.6 cm³/mol. The van der Waals surface area contributed by atoms with Crippen LogP contribution in [-0.2, 0) is 9.53 Å². The van der Waals surface area contributed by atoms with Gasteiger partial charge in [0.15, 0.2) is 5.12 Å². The van der Waals surface area contributed by atoms with Crippen LogP contribution < -0.4 is 0 Å². The average Bonchev–Trinajstić information content (AvgIpc) is 2.42. The van der Waals surface area contributed by atoms with Crippen molar-refractivity contribution in [3.05, 3.63) is 45.5 Å². The first-order valence-electron chi connectivity index (χ1n) is 5.62. The van der Waals surface area contributed by atoms with Crippen molar-refractivity contribution in [2.45, 2.75) is 6.92 Å². The number of hydrogen-bond acceptors (Lipinski definition) is 6. The molecule has 0 saturated heterocycles. The highest BCUT2D eigenvalue weighted by Crippen LogP contribution is 2.22. The molecule has 0 aliphatic heterocycles. The number of hydrogen-bond donors (Lipinski definition) is 0. The van der Waals surface area contributed by atoms with Gasteiger partial charge >= 0.3 is 5.97 Å². The van der Waals surface area contributed by atoms with E-state index < -0.39 is 10.9 Å². The maximum atomic E-state index is 11.3. The van der Waals surface area contributed by atoms with Gasteiger partial charge < -0.3 is 4.74 Å². The van der Waals surface area contributed by atoms with Crippen LogP contribution in [0, 0.1) is 10.1 Å². The quantitative estimate of drug-likeness (QED) is 0.471. The van der Waals surface area contributed by atoms with Crippen LogP contribution in [0.5, 0.6) is 0 Å². The lowest BCUT2D eigenvalue weighted by Gasteiger charge is -2.01. The third kappa shape index (κ3) is 4.51. The van der Waals surface area contributed by atoms with E-state index >= 15 is 0 Å². The van der Waals surface area contributed by atoms with Crippen molar-refractivity contribution in [3.8, 4) is 0 Å². The second kappa shape index (κ2) is 7.44. The van der Waals surface area contributed by atoms with Crippen LogP contribution in [0.15, 0.2) is 24.3 Å². The number of carbonyl (C=O) groups is 2. The van der Waals surface area contributed by atoms with Crippen LogP contribution in [0.3, 0.4) is 0 Å². The van der Waals surface area contributed by atoms with Gasteiger partial charge in [-0.3, -0.25) is 14.9 Å². The van der Waals surface area contributed by atoms with E-state index in [-0.39, 0.29) is 16.4 Å². The fourth-order valence-corrected chi connectivity index (χ4v) is 1.86. The van der Waals surface area contributed by atoms with Gasteiger partial charge in [-0.1, -0.05) is 23.9 Å². The van der Waals surface area contributed by atoms with E-state index in [4.69, 9.17) is 0 Å². The normalized spacial score (nSPS) is 10.5. The Morgan fingerprint density at radius 1 is 1.45 bits per heavy atom. The van der Waals surface area contributed by atoms with Crippen LogP contribution in [-0.4, -0.2) is 28.9 Å². The van der Waals surface area contributed by atoms with Crippen LogP contribution in [0.2, 0.25) is 0 Å². The molecule has 1 aromatic rings. The first kappa shape index (κ1) is 15.9. The number of carbonyl (C=O) groups excluding carboxylic acids is 2. The maximum absolute atomic E-state index is 11.3. The van der Waals surface area contributed by atoms with E-state index in [1.165, 1.54) is 32.2 Å². The number of methoxy groups -OCH3 is 1. The predicted octanol–water partition coefficient (Wildman–Crippen LogP) is 2.67. The molecule has 1 aromatic carbocycles. The minimum absolute atomic E-state index is 0.0230. The average molecular weight is 295 g/mol. The molecule has 0 fully saturated rings. The smallest absolute Gasteiger partial charge is 0.338 e. The van der Waals surface area contributed by atoms with Gasteiger partial charge in [0.25, 0.3) is 5.69 Å². The Morgan fingerprint density at radius 2 is 2.15 bits per heavy atom. The summed E-state index contributed by atoms with van der Waals surface area (Å²) in [5, 5.41) is 11.0. The van der Waals surface area contributed by atoms with Gasteiger partial charge in [0, 0.05) is 18.7 Å². The third-order valence-electron chi connectivity index (χ3n) is 2.33. The minimum atomic E-state index is -0.629. The second-order valence-electron chi connectivity index (χ2n) is 3.73. The SMILES string of the molecule is COC(=O)c1ccc(C=CCSC(C)=O)c([N+](=O)[O-])c1. The molecule has 0 saturated carbocycles. The Balaban J connectivity index is 2.99. The lowest BCUT2D eigenvalue weighted by molar-refractivity contribution is -0.385. The zero-order valence-electron chi connectivity index (χ0n) is 11.0. The van der Waals surface area contributed by atoms with Gasteiger partial charge in [0.05, 0.1) is 23.2 Å². The molecular weight excluding hydrogens is 282 g/mol. The molecule has 0 spiro atoms. The standard InChI is InChI=1S/C13H13NO5S/c1-9(15)20-7-3-4-10-5-6-11(13(16)19-2)8-12(10)14(17)18/h3-6,8H,7H2,1-2H3. The summed E-state index contributed by atoms with van der Waals surface area (Å²) >= 11 is 1.11. The summed E-state index contributed by atoms with van der Waals surface area (Å²) in [5.74, 6) is -0.193. The summed E-state index contributed by atoms with van der Waals surface area (Å²) in [7, 11) is 1.21. The Kier molecular flexibility index (Phi) is 5.92. The first-order valence-corrected chi connectivity index (χ1v) is 6.61. The van der Waals surface area contributed by atoms with Gasteiger partial charge in [0.2, 0.25) is 0 Å². The molecule has 0 radical (unpaired) electrons. The molecule has 106 valence electrons. The number of nitrogens with zero attached hydrogens (tertiary/aromatic N) is 1. The maximum Gasteiger partial charge on any atom is 0.338 e. The largest absolute Gasteiger partial charge is 0.465 e. The number of esters is 1. The molecule has 0 aromatic heterocycles. The molecular formula is C13H13NO5S. The van der Waals surface area contributed by atoms with Crippen LogP contribution in [0.25, 0.3) is 6.08 Å². The van der Waals surface area contributed by atoms with Crippen molar-refractivity contribution in [2.24, 2.45) is 0 Å². The Bertz CT molecular complexity index is 568. The molecule has 7 heteroatoms. The van der Waals surface area contributed by atoms with Crippen LogP contribution in [0.1, 0.15) is 22.8 Å². The summed E-state index contributed by atoms with van der Waals surface area (Å²) in [6, 6.07) is 4.10. The van der Waals surface area contributed by atoms with Gasteiger partial charge in [-0.25, -0.2) is 4.79 Å². The molecule has 6 nitrogen and oxygen atoms in total. The second-order valence-corrected chi connectivity index (χ2v) is 4.92. The van der Waals surface area contributed by atoms with E-state index in [0.717, 1.165) is 11.8 Å². The highest BCUT2D eigenvalue weighted by molar-refractivity contribution is 8.13. The number of nitro benzene ring substituents is 1. The van der Waals surface area contributed by atoms with E-state index in [9.17, 15) is 19.7 Å². The lowest BCUT2D eigenvalue weighted by Crippen LogP contribution is -2.02. The van der Waals surface area contributed by atoms with E-state index in [2.05, 4.69) is 4.74 Å². The highest BCUT2D eigenvalue weighted by atomic mass is 32.2. The van der Waals surface area contributed by atoms with Gasteiger partial charge in [0.1, 0.15) is 0 Å². The summed E-state index contributed by atoms with van der Waals surface area (Å²) in [5.41, 5.74) is 0.304. The number of ether oxygens (including phenoxy) is 1. The number of benzene rings is 1. The van der Waals surface area contributed by atoms with Gasteiger partial charge in [-0.2, -0.15) is 0 Å². The zero-order chi connectivity index (χ0) is 15.1. The molecule has 1 rings (SSSR count). The van der Waals surface area contributed by atoms with Crippen LogP contribution in [0.4, 0.5) is 5.69 Å². The Morgan fingerprint density at radius 3 is 2.70 bits per heavy atom. The number of rotatable bonds is 5. The molecule has 0 amide bonds. The van der Waals surface area contributed by atoms with Gasteiger partial charge in [-0.05, 0) is 12.1 Å². The first-order chi connectivity index (χ1) is 9.45. The van der Waals surface area contributed by atoms with Crippen molar-refractivity contribution in [1.29, 1.82) is 0 Å². The fraction of sp³-hybridized carbons (Fsp3) is 0.231. The molecule has 0 heterocycles.